The fourth-order valence-electron chi connectivity index (χ4n) is 1.66. The van der Waals surface area contributed by atoms with Crippen LogP contribution in [0.15, 0.2) is 29.2 Å². The predicted molar refractivity (Wildman–Crippen MR) is 80.6 cm³/mol. The van der Waals surface area contributed by atoms with Crippen molar-refractivity contribution < 1.29 is 18.7 Å². The molecular formula is C15H20FNO3S. The number of benzene rings is 1. The van der Waals surface area contributed by atoms with E-state index >= 15 is 0 Å². The van der Waals surface area contributed by atoms with Crippen LogP contribution in [-0.4, -0.2) is 31.3 Å². The number of esters is 1. The number of unbranched alkanes of at least 4 members (excludes halogenated alkanes) is 2. The predicted octanol–water partition coefficient (Wildman–Crippen LogP) is 2.77. The van der Waals surface area contributed by atoms with Crippen LogP contribution in [0.5, 0.6) is 0 Å². The van der Waals surface area contributed by atoms with E-state index in [1.54, 1.807) is 18.2 Å². The summed E-state index contributed by atoms with van der Waals surface area (Å²) < 4.78 is 17.9. The van der Waals surface area contributed by atoms with Crippen LogP contribution in [0.1, 0.15) is 25.7 Å². The number of halogens is 1. The van der Waals surface area contributed by atoms with Crippen molar-refractivity contribution in [2.24, 2.45) is 0 Å². The zero-order valence-corrected chi connectivity index (χ0v) is 12.9. The molecule has 0 bridgehead atoms. The van der Waals surface area contributed by atoms with E-state index < -0.39 is 0 Å². The van der Waals surface area contributed by atoms with Gasteiger partial charge in [0, 0.05) is 17.9 Å². The van der Waals surface area contributed by atoms with Gasteiger partial charge in [0.15, 0.2) is 0 Å². The summed E-state index contributed by atoms with van der Waals surface area (Å²) in [6.45, 7) is 0.567. The van der Waals surface area contributed by atoms with Gasteiger partial charge in [-0.1, -0.05) is 18.6 Å². The van der Waals surface area contributed by atoms with Gasteiger partial charge in [-0.2, -0.15) is 0 Å². The number of thioether (sulfide) groups is 1. The van der Waals surface area contributed by atoms with Gasteiger partial charge in [-0.15, -0.1) is 11.8 Å². The SMILES string of the molecule is COC(=O)CCCCCNC(=O)CSc1ccccc1F. The Labute approximate surface area is 128 Å². The number of methoxy groups -OCH3 is 1. The first-order chi connectivity index (χ1) is 10.1. The lowest BCUT2D eigenvalue weighted by Gasteiger charge is -2.05. The normalized spacial score (nSPS) is 10.2. The number of amides is 1. The number of carbonyl (C=O) groups excluding carboxylic acids is 2. The molecular weight excluding hydrogens is 293 g/mol. The van der Waals surface area contributed by atoms with E-state index in [0.717, 1.165) is 19.3 Å². The summed E-state index contributed by atoms with van der Waals surface area (Å²) in [4.78, 5) is 22.9. The highest BCUT2D eigenvalue weighted by atomic mass is 32.2. The largest absolute Gasteiger partial charge is 0.469 e. The molecule has 0 aliphatic heterocycles. The van der Waals surface area contributed by atoms with Crippen molar-refractivity contribution in [1.82, 2.24) is 5.32 Å². The zero-order valence-electron chi connectivity index (χ0n) is 12.1. The molecule has 21 heavy (non-hydrogen) atoms. The molecule has 0 aliphatic carbocycles. The molecule has 0 unspecified atom stereocenters. The van der Waals surface area contributed by atoms with Crippen molar-refractivity contribution >= 4 is 23.6 Å². The van der Waals surface area contributed by atoms with Gasteiger partial charge in [-0.25, -0.2) is 4.39 Å². The molecule has 0 spiro atoms. The fourth-order valence-corrected chi connectivity index (χ4v) is 2.43. The molecule has 4 nitrogen and oxygen atoms in total. The van der Waals surface area contributed by atoms with E-state index in [9.17, 15) is 14.0 Å². The third-order valence-corrected chi connectivity index (χ3v) is 3.85. The van der Waals surface area contributed by atoms with E-state index in [4.69, 9.17) is 0 Å². The summed E-state index contributed by atoms with van der Waals surface area (Å²) >= 11 is 1.18. The average Bonchev–Trinajstić information content (AvgIpc) is 2.49. The van der Waals surface area contributed by atoms with Gasteiger partial charge in [0.1, 0.15) is 5.82 Å². The number of ether oxygens (including phenoxy) is 1. The molecule has 0 heterocycles. The summed E-state index contributed by atoms with van der Waals surface area (Å²) in [5.41, 5.74) is 0. The van der Waals surface area contributed by atoms with Gasteiger partial charge < -0.3 is 10.1 Å². The Morgan fingerprint density at radius 2 is 2.00 bits per heavy atom. The van der Waals surface area contributed by atoms with E-state index in [0.29, 0.717) is 17.9 Å². The molecule has 1 amide bonds. The number of hydrogen-bond acceptors (Lipinski definition) is 4. The molecule has 116 valence electrons. The lowest BCUT2D eigenvalue weighted by Crippen LogP contribution is -2.26. The minimum absolute atomic E-state index is 0.115. The Morgan fingerprint density at radius 1 is 1.24 bits per heavy atom. The van der Waals surface area contributed by atoms with Gasteiger partial charge in [0.2, 0.25) is 5.91 Å². The number of carbonyl (C=O) groups is 2. The number of hydrogen-bond donors (Lipinski definition) is 1. The molecule has 0 radical (unpaired) electrons. The molecule has 0 fully saturated rings. The molecule has 6 heteroatoms. The van der Waals surface area contributed by atoms with Crippen molar-refractivity contribution in [3.05, 3.63) is 30.1 Å². The average molecular weight is 313 g/mol. The molecule has 1 aromatic carbocycles. The smallest absolute Gasteiger partial charge is 0.305 e. The summed E-state index contributed by atoms with van der Waals surface area (Å²) in [6.07, 6.45) is 2.84. The van der Waals surface area contributed by atoms with Crippen LogP contribution >= 0.6 is 11.8 Å². The topological polar surface area (TPSA) is 55.4 Å². The van der Waals surface area contributed by atoms with Crippen molar-refractivity contribution in [3.8, 4) is 0 Å². The van der Waals surface area contributed by atoms with Crippen LogP contribution in [0.25, 0.3) is 0 Å². The zero-order chi connectivity index (χ0) is 15.5. The van der Waals surface area contributed by atoms with Crippen molar-refractivity contribution in [2.75, 3.05) is 19.4 Å². The van der Waals surface area contributed by atoms with Gasteiger partial charge in [-0.05, 0) is 25.0 Å². The Balaban J connectivity index is 2.07. The van der Waals surface area contributed by atoms with Gasteiger partial charge in [0.25, 0.3) is 0 Å². The lowest BCUT2D eigenvalue weighted by atomic mass is 10.2. The number of nitrogens with one attached hydrogen (secondary N) is 1. The molecule has 0 atom stereocenters. The first-order valence-electron chi connectivity index (χ1n) is 6.84. The van der Waals surface area contributed by atoms with Crippen LogP contribution in [0, 0.1) is 5.82 Å². The maximum atomic E-state index is 13.3. The van der Waals surface area contributed by atoms with Crippen LogP contribution < -0.4 is 5.32 Å². The second-order valence-corrected chi connectivity index (χ2v) is 5.47. The second-order valence-electron chi connectivity index (χ2n) is 4.46. The highest BCUT2D eigenvalue weighted by molar-refractivity contribution is 8.00. The summed E-state index contributed by atoms with van der Waals surface area (Å²) in [5.74, 6) is -0.432. The van der Waals surface area contributed by atoms with Gasteiger partial charge >= 0.3 is 5.97 Å². The Kier molecular flexibility index (Phi) is 8.50. The molecule has 0 saturated carbocycles. The van der Waals surface area contributed by atoms with Crippen LogP contribution in [-0.2, 0) is 14.3 Å². The van der Waals surface area contributed by atoms with Crippen LogP contribution in [0.4, 0.5) is 4.39 Å². The van der Waals surface area contributed by atoms with E-state index in [2.05, 4.69) is 10.1 Å². The first-order valence-corrected chi connectivity index (χ1v) is 7.83. The lowest BCUT2D eigenvalue weighted by molar-refractivity contribution is -0.140. The Hall–Kier alpha value is -1.56. The first kappa shape index (κ1) is 17.5. The second kappa shape index (κ2) is 10.2. The van der Waals surface area contributed by atoms with Crippen molar-refractivity contribution in [3.63, 3.8) is 0 Å². The van der Waals surface area contributed by atoms with Gasteiger partial charge in [-0.3, -0.25) is 9.59 Å². The summed E-state index contributed by atoms with van der Waals surface area (Å²) in [7, 11) is 1.37. The molecule has 0 aromatic heterocycles. The van der Waals surface area contributed by atoms with Crippen LogP contribution in [0.3, 0.4) is 0 Å². The highest BCUT2D eigenvalue weighted by Crippen LogP contribution is 2.20. The Bertz CT molecular complexity index is 468. The summed E-state index contributed by atoms with van der Waals surface area (Å²) in [5, 5.41) is 2.78. The molecule has 0 aliphatic rings. The molecule has 0 saturated heterocycles. The molecule has 1 rings (SSSR count). The minimum atomic E-state index is -0.307. The minimum Gasteiger partial charge on any atom is -0.469 e. The summed E-state index contributed by atoms with van der Waals surface area (Å²) in [6, 6.07) is 6.39. The molecule has 1 N–H and O–H groups in total. The molecule has 1 aromatic rings. The van der Waals surface area contributed by atoms with Crippen molar-refractivity contribution in [2.45, 2.75) is 30.6 Å². The monoisotopic (exact) mass is 313 g/mol. The van der Waals surface area contributed by atoms with E-state index in [1.165, 1.54) is 24.9 Å². The highest BCUT2D eigenvalue weighted by Gasteiger charge is 2.06. The maximum Gasteiger partial charge on any atom is 0.305 e. The van der Waals surface area contributed by atoms with Crippen molar-refractivity contribution in [1.29, 1.82) is 0 Å². The third kappa shape index (κ3) is 7.70. The maximum absolute atomic E-state index is 13.3. The number of rotatable bonds is 9. The van der Waals surface area contributed by atoms with Crippen LogP contribution in [0.2, 0.25) is 0 Å². The quantitative estimate of drug-likeness (QED) is 0.433. The fraction of sp³-hybridized carbons (Fsp3) is 0.467. The Morgan fingerprint density at radius 3 is 2.71 bits per heavy atom. The van der Waals surface area contributed by atoms with E-state index in [-0.39, 0.29) is 23.4 Å². The van der Waals surface area contributed by atoms with Gasteiger partial charge in [0.05, 0.1) is 12.9 Å². The standard InChI is InChI=1S/C15H20FNO3S/c1-20-15(19)9-3-2-6-10-17-14(18)11-21-13-8-5-4-7-12(13)16/h4-5,7-8H,2-3,6,9-11H2,1H3,(H,17,18). The third-order valence-electron chi connectivity index (χ3n) is 2.80. The van der Waals surface area contributed by atoms with E-state index in [1.807, 2.05) is 0 Å².